The lowest BCUT2D eigenvalue weighted by atomic mass is 9.81. The first kappa shape index (κ1) is 23.4. The van der Waals surface area contributed by atoms with Crippen molar-refractivity contribution in [2.24, 2.45) is 11.8 Å². The van der Waals surface area contributed by atoms with Crippen LogP contribution >= 0.6 is 0 Å². The Morgan fingerprint density at radius 3 is 2.40 bits per heavy atom. The Morgan fingerprint density at radius 2 is 1.71 bits per heavy atom. The number of piperazine rings is 1. The monoisotopic (exact) mass is 479 g/mol. The predicted molar refractivity (Wildman–Crippen MR) is 130 cm³/mol. The van der Waals surface area contributed by atoms with Crippen molar-refractivity contribution >= 4 is 28.4 Å². The van der Waals surface area contributed by atoms with E-state index < -0.39 is 5.82 Å². The summed E-state index contributed by atoms with van der Waals surface area (Å²) in [6, 6.07) is 4.86. The van der Waals surface area contributed by atoms with Gasteiger partial charge in [-0.25, -0.2) is 14.4 Å². The number of fused-ring (bicyclic) bond motifs is 1. The molecule has 0 atom stereocenters. The third-order valence-electron chi connectivity index (χ3n) is 7.21. The molecule has 2 aliphatic rings. The van der Waals surface area contributed by atoms with Crippen molar-refractivity contribution in [2.45, 2.75) is 32.6 Å². The molecule has 2 fully saturated rings. The summed E-state index contributed by atoms with van der Waals surface area (Å²) in [6.07, 6.45) is 5.78. The summed E-state index contributed by atoms with van der Waals surface area (Å²) < 4.78 is 20.2. The fourth-order valence-corrected chi connectivity index (χ4v) is 5.03. The minimum Gasteiger partial charge on any atom is -0.441 e. The van der Waals surface area contributed by atoms with E-state index in [1.165, 1.54) is 12.3 Å². The van der Waals surface area contributed by atoms with Crippen molar-refractivity contribution in [3.05, 3.63) is 42.3 Å². The Bertz CT molecular complexity index is 1240. The average Bonchev–Trinajstić information content (AvgIpc) is 3.30. The number of hydrogen-bond donors (Lipinski definition) is 1. The molecule has 1 aliphatic heterocycles. The predicted octanol–water partition coefficient (Wildman–Crippen LogP) is 3.86. The number of likely N-dealkylation sites (N-methyl/N-ethyl adjacent to an activating group) is 1. The number of nitrogens with zero attached hydrogens (tertiary/aromatic N) is 4. The van der Waals surface area contributed by atoms with Gasteiger partial charge < -0.3 is 19.5 Å². The summed E-state index contributed by atoms with van der Waals surface area (Å²) in [5.41, 5.74) is 0.572. The zero-order chi connectivity index (χ0) is 24.5. The normalized spacial score (nSPS) is 21.3. The van der Waals surface area contributed by atoms with Crippen LogP contribution in [0.25, 0.3) is 22.1 Å². The number of pyridine rings is 1. The van der Waals surface area contributed by atoms with Crippen molar-refractivity contribution in [1.82, 2.24) is 19.8 Å². The summed E-state index contributed by atoms with van der Waals surface area (Å²) in [5, 5.41) is 3.87. The number of halogens is 1. The van der Waals surface area contributed by atoms with Crippen LogP contribution in [0.3, 0.4) is 0 Å². The number of hydrogen-bond acceptors (Lipinski definition) is 6. The molecular weight excluding hydrogens is 449 g/mol. The van der Waals surface area contributed by atoms with Gasteiger partial charge in [-0.2, -0.15) is 0 Å². The van der Waals surface area contributed by atoms with Crippen LogP contribution in [0, 0.1) is 24.6 Å². The molecular formula is C26H30FN5O3. The number of carbonyl (C=O) groups excluding carboxylic acids is 2. The molecule has 1 aromatic carbocycles. The van der Waals surface area contributed by atoms with Crippen molar-refractivity contribution < 1.29 is 18.4 Å². The smallest absolute Gasteiger partial charge is 0.228 e. The van der Waals surface area contributed by atoms with Crippen molar-refractivity contribution in [2.75, 3.05) is 38.5 Å². The van der Waals surface area contributed by atoms with E-state index >= 15 is 0 Å². The fraction of sp³-hybridized carbons (Fsp3) is 0.462. The number of carbonyl (C=O) groups is 2. The first-order valence-electron chi connectivity index (χ1n) is 12.2. The molecule has 1 N–H and O–H groups in total. The van der Waals surface area contributed by atoms with E-state index in [0.29, 0.717) is 46.6 Å². The number of oxazole rings is 1. The summed E-state index contributed by atoms with van der Waals surface area (Å²) in [5.74, 6) is 0.907. The number of aromatic nitrogens is 2. The highest BCUT2D eigenvalue weighted by Gasteiger charge is 2.33. The molecule has 3 aromatic rings. The van der Waals surface area contributed by atoms with Gasteiger partial charge in [0.25, 0.3) is 0 Å². The highest BCUT2D eigenvalue weighted by atomic mass is 19.1. The number of anilines is 1. The van der Waals surface area contributed by atoms with E-state index in [-0.39, 0.29) is 23.7 Å². The molecule has 0 radical (unpaired) electrons. The minimum atomic E-state index is -0.416. The summed E-state index contributed by atoms with van der Waals surface area (Å²) in [6.45, 7) is 5.11. The van der Waals surface area contributed by atoms with Gasteiger partial charge in [0.05, 0.1) is 6.20 Å². The zero-order valence-corrected chi connectivity index (χ0v) is 20.1. The molecule has 8 nitrogen and oxygen atoms in total. The molecule has 5 rings (SSSR count). The first-order valence-corrected chi connectivity index (χ1v) is 12.2. The van der Waals surface area contributed by atoms with E-state index in [0.717, 1.165) is 39.0 Å². The number of rotatable bonds is 4. The Balaban J connectivity index is 1.22. The van der Waals surface area contributed by atoms with Gasteiger partial charge in [-0.1, -0.05) is 0 Å². The highest BCUT2D eigenvalue weighted by Crippen LogP contribution is 2.32. The van der Waals surface area contributed by atoms with Gasteiger partial charge in [0.15, 0.2) is 11.7 Å². The SMILES string of the molecule is Cc1ncc(-c2cc(F)c3cnc(NC(=O)C4CCC(C(=O)N5CCN(C)CC5)CC4)cc3c2)o1. The molecule has 1 saturated carbocycles. The lowest BCUT2D eigenvalue weighted by molar-refractivity contribution is -0.139. The second kappa shape index (κ2) is 9.73. The molecule has 2 aromatic heterocycles. The lowest BCUT2D eigenvalue weighted by Gasteiger charge is -2.36. The maximum atomic E-state index is 14.7. The van der Waals surface area contributed by atoms with Crippen molar-refractivity contribution in [3.63, 3.8) is 0 Å². The van der Waals surface area contributed by atoms with Crippen molar-refractivity contribution in [3.8, 4) is 11.3 Å². The fourth-order valence-electron chi connectivity index (χ4n) is 5.03. The van der Waals surface area contributed by atoms with Crippen LogP contribution in [-0.2, 0) is 9.59 Å². The molecule has 9 heteroatoms. The molecule has 0 spiro atoms. The number of amides is 2. The molecule has 2 amide bonds. The highest BCUT2D eigenvalue weighted by molar-refractivity contribution is 5.95. The van der Waals surface area contributed by atoms with Crippen LogP contribution in [-0.4, -0.2) is 64.8 Å². The number of aryl methyl sites for hydroxylation is 1. The zero-order valence-electron chi connectivity index (χ0n) is 20.1. The van der Waals surface area contributed by atoms with Crippen LogP contribution in [0.5, 0.6) is 0 Å². The molecule has 0 unspecified atom stereocenters. The summed E-state index contributed by atoms with van der Waals surface area (Å²) in [7, 11) is 2.07. The molecule has 35 heavy (non-hydrogen) atoms. The second-order valence-electron chi connectivity index (χ2n) is 9.66. The third kappa shape index (κ3) is 5.05. The van der Waals surface area contributed by atoms with Crippen LogP contribution in [0.1, 0.15) is 31.6 Å². The van der Waals surface area contributed by atoms with Gasteiger partial charge in [0.2, 0.25) is 11.8 Å². The van der Waals surface area contributed by atoms with E-state index in [1.807, 2.05) is 4.90 Å². The average molecular weight is 480 g/mol. The summed E-state index contributed by atoms with van der Waals surface area (Å²) >= 11 is 0. The second-order valence-corrected chi connectivity index (χ2v) is 9.66. The van der Waals surface area contributed by atoms with Crippen LogP contribution in [0.15, 0.2) is 35.0 Å². The molecule has 0 bridgehead atoms. The molecule has 1 aliphatic carbocycles. The van der Waals surface area contributed by atoms with E-state index in [4.69, 9.17) is 4.42 Å². The van der Waals surface area contributed by atoms with Crippen LogP contribution in [0.4, 0.5) is 10.2 Å². The van der Waals surface area contributed by atoms with Gasteiger partial charge in [-0.15, -0.1) is 0 Å². The topological polar surface area (TPSA) is 91.6 Å². The van der Waals surface area contributed by atoms with Crippen LogP contribution < -0.4 is 5.32 Å². The van der Waals surface area contributed by atoms with Gasteiger partial charge in [0, 0.05) is 62.1 Å². The largest absolute Gasteiger partial charge is 0.441 e. The van der Waals surface area contributed by atoms with Gasteiger partial charge in [-0.3, -0.25) is 9.59 Å². The number of nitrogens with one attached hydrogen (secondary N) is 1. The van der Waals surface area contributed by atoms with E-state index in [2.05, 4.69) is 27.2 Å². The van der Waals surface area contributed by atoms with Crippen LogP contribution in [0.2, 0.25) is 0 Å². The Morgan fingerprint density at radius 1 is 1.00 bits per heavy atom. The Labute approximate surface area is 203 Å². The van der Waals surface area contributed by atoms with Gasteiger partial charge in [-0.05, 0) is 56.3 Å². The first-order chi connectivity index (χ1) is 16.9. The molecule has 1 saturated heterocycles. The van der Waals surface area contributed by atoms with Gasteiger partial charge >= 0.3 is 0 Å². The number of benzene rings is 1. The molecule has 184 valence electrons. The van der Waals surface area contributed by atoms with E-state index in [9.17, 15) is 14.0 Å². The van der Waals surface area contributed by atoms with E-state index in [1.54, 1.807) is 25.3 Å². The molecule has 3 heterocycles. The quantitative estimate of drug-likeness (QED) is 0.611. The van der Waals surface area contributed by atoms with Gasteiger partial charge in [0.1, 0.15) is 11.6 Å². The minimum absolute atomic E-state index is 0.00220. The Kier molecular flexibility index (Phi) is 6.51. The Hall–Kier alpha value is -3.33. The van der Waals surface area contributed by atoms with Crippen molar-refractivity contribution in [1.29, 1.82) is 0 Å². The summed E-state index contributed by atoms with van der Waals surface area (Å²) in [4.78, 5) is 38.3. The maximum absolute atomic E-state index is 14.7. The maximum Gasteiger partial charge on any atom is 0.228 e. The standard InChI is InChI=1S/C26H30FN5O3/c1-16-28-15-23(35-16)20-11-19-13-24(29-14-21(19)22(27)12-20)30-25(33)17-3-5-18(6-4-17)26(34)32-9-7-31(2)8-10-32/h11-15,17-18H,3-10H2,1-2H3,(H,29,30,33). The third-order valence-corrected chi connectivity index (χ3v) is 7.21. The lowest BCUT2D eigenvalue weighted by Crippen LogP contribution is -2.49.